The van der Waals surface area contributed by atoms with Crippen LogP contribution in [0.5, 0.6) is 0 Å². The fourth-order valence-electron chi connectivity index (χ4n) is 1.08. The Bertz CT molecular complexity index is 425. The Morgan fingerprint density at radius 2 is 2.25 bits per heavy atom. The van der Waals surface area contributed by atoms with E-state index in [-0.39, 0.29) is 12.1 Å². The van der Waals surface area contributed by atoms with Crippen molar-refractivity contribution in [3.8, 4) is 0 Å². The van der Waals surface area contributed by atoms with E-state index >= 15 is 0 Å². The van der Waals surface area contributed by atoms with Gasteiger partial charge in [0.05, 0.1) is 5.56 Å². The van der Waals surface area contributed by atoms with E-state index in [4.69, 9.17) is 11.6 Å². The number of amides is 1. The molecule has 0 spiro atoms. The van der Waals surface area contributed by atoms with E-state index in [1.54, 1.807) is 0 Å². The third-order valence-electron chi connectivity index (χ3n) is 1.85. The van der Waals surface area contributed by atoms with Crippen molar-refractivity contribution in [2.45, 2.75) is 0 Å². The Hall–Kier alpha value is -0.940. The Balaban J connectivity index is 2.65. The van der Waals surface area contributed by atoms with Crippen LogP contribution >= 0.6 is 11.6 Å². The highest BCUT2D eigenvalue weighted by Crippen LogP contribution is 2.14. The summed E-state index contributed by atoms with van der Waals surface area (Å²) in [5.41, 5.74) is -0.102. The van der Waals surface area contributed by atoms with E-state index in [9.17, 15) is 13.4 Å². The van der Waals surface area contributed by atoms with Crippen molar-refractivity contribution in [1.29, 1.82) is 0 Å². The maximum atomic E-state index is 13.2. The molecule has 1 rings (SSSR count). The summed E-state index contributed by atoms with van der Waals surface area (Å²) >= 11 is 5.65. The quantitative estimate of drug-likeness (QED) is 0.897. The molecule has 0 aliphatic rings. The second-order valence-corrected chi connectivity index (χ2v) is 5.15. The third-order valence-corrected chi connectivity index (χ3v) is 2.86. The van der Waals surface area contributed by atoms with Crippen molar-refractivity contribution in [2.24, 2.45) is 0 Å². The van der Waals surface area contributed by atoms with E-state index < -0.39 is 22.5 Å². The first kappa shape index (κ1) is 13.1. The molecule has 1 N–H and O–H groups in total. The molecule has 1 aromatic rings. The van der Waals surface area contributed by atoms with Gasteiger partial charge >= 0.3 is 0 Å². The van der Waals surface area contributed by atoms with Crippen LogP contribution in [-0.4, -0.2) is 28.7 Å². The lowest BCUT2D eigenvalue weighted by molar-refractivity contribution is 0.0952. The van der Waals surface area contributed by atoms with Crippen molar-refractivity contribution in [3.63, 3.8) is 0 Å². The lowest BCUT2D eigenvalue weighted by Gasteiger charge is -2.05. The zero-order valence-electron chi connectivity index (χ0n) is 8.63. The summed E-state index contributed by atoms with van der Waals surface area (Å²) < 4.78 is 24.0. The smallest absolute Gasteiger partial charge is 0.254 e. The molecule has 0 saturated carbocycles. The van der Waals surface area contributed by atoms with Gasteiger partial charge in [-0.25, -0.2) is 4.39 Å². The Morgan fingerprint density at radius 1 is 1.56 bits per heavy atom. The van der Waals surface area contributed by atoms with Crippen LogP contribution in [0.1, 0.15) is 10.4 Å². The van der Waals surface area contributed by atoms with Gasteiger partial charge in [0, 0.05) is 34.4 Å². The van der Waals surface area contributed by atoms with Crippen LogP contribution in [0.4, 0.5) is 4.39 Å². The van der Waals surface area contributed by atoms with Crippen LogP contribution in [-0.2, 0) is 10.8 Å². The Labute approximate surface area is 100 Å². The van der Waals surface area contributed by atoms with Crippen molar-refractivity contribution >= 4 is 28.3 Å². The number of hydrogen-bond acceptors (Lipinski definition) is 2. The monoisotopic (exact) mass is 263 g/mol. The Kier molecular flexibility index (Phi) is 4.89. The summed E-state index contributed by atoms with van der Waals surface area (Å²) in [5.74, 6) is -0.835. The zero-order valence-corrected chi connectivity index (χ0v) is 10.2. The molecule has 0 bridgehead atoms. The predicted octanol–water partition coefficient (Wildman–Crippen LogP) is 1.59. The Morgan fingerprint density at radius 3 is 2.88 bits per heavy atom. The number of nitrogens with one attached hydrogen (secondary N) is 1. The van der Waals surface area contributed by atoms with Gasteiger partial charge in [-0.15, -0.1) is 0 Å². The molecule has 0 saturated heterocycles. The van der Waals surface area contributed by atoms with E-state index in [1.165, 1.54) is 18.4 Å². The fraction of sp³-hybridized carbons (Fsp3) is 0.300. The molecule has 1 atom stereocenters. The average molecular weight is 264 g/mol. The zero-order chi connectivity index (χ0) is 12.1. The predicted molar refractivity (Wildman–Crippen MR) is 62.7 cm³/mol. The maximum absolute atomic E-state index is 13.2. The average Bonchev–Trinajstić information content (AvgIpc) is 2.21. The topological polar surface area (TPSA) is 46.2 Å². The molecule has 0 radical (unpaired) electrons. The molecule has 0 aliphatic heterocycles. The summed E-state index contributed by atoms with van der Waals surface area (Å²) in [6, 6.07) is 3.76. The van der Waals surface area contributed by atoms with Crippen molar-refractivity contribution in [1.82, 2.24) is 5.32 Å². The van der Waals surface area contributed by atoms with Crippen LogP contribution in [0.3, 0.4) is 0 Å². The minimum atomic E-state index is -0.983. The minimum absolute atomic E-state index is 0.102. The van der Waals surface area contributed by atoms with Crippen LogP contribution in [0.2, 0.25) is 5.02 Å². The van der Waals surface area contributed by atoms with Gasteiger partial charge < -0.3 is 5.32 Å². The number of carbonyl (C=O) groups is 1. The fourth-order valence-corrected chi connectivity index (χ4v) is 1.64. The standard InChI is InChI=1S/C10H11ClFNO2S/c1-16(15)5-4-13-10(14)8-6-7(11)2-3-9(8)12/h2-3,6H,4-5H2,1H3,(H,13,14). The van der Waals surface area contributed by atoms with Gasteiger partial charge in [0.2, 0.25) is 0 Å². The maximum Gasteiger partial charge on any atom is 0.254 e. The van der Waals surface area contributed by atoms with Gasteiger partial charge in [-0.05, 0) is 18.2 Å². The number of halogens is 2. The number of rotatable bonds is 4. The number of carbonyl (C=O) groups excluding carboxylic acids is 1. The van der Waals surface area contributed by atoms with Gasteiger partial charge in [0.15, 0.2) is 0 Å². The number of benzene rings is 1. The molecule has 16 heavy (non-hydrogen) atoms. The highest BCUT2D eigenvalue weighted by atomic mass is 35.5. The van der Waals surface area contributed by atoms with Crippen LogP contribution in [0.15, 0.2) is 18.2 Å². The molecule has 0 fully saturated rings. The van der Waals surface area contributed by atoms with E-state index in [2.05, 4.69) is 5.32 Å². The summed E-state index contributed by atoms with van der Waals surface area (Å²) in [6.45, 7) is 0.244. The van der Waals surface area contributed by atoms with Crippen molar-refractivity contribution in [2.75, 3.05) is 18.6 Å². The first-order chi connectivity index (χ1) is 7.50. The highest BCUT2D eigenvalue weighted by Gasteiger charge is 2.11. The minimum Gasteiger partial charge on any atom is -0.351 e. The van der Waals surface area contributed by atoms with E-state index in [1.807, 2.05) is 0 Å². The first-order valence-electron chi connectivity index (χ1n) is 4.54. The molecule has 1 aromatic carbocycles. The first-order valence-corrected chi connectivity index (χ1v) is 6.64. The normalized spacial score (nSPS) is 12.2. The molecule has 0 aliphatic carbocycles. The SMILES string of the molecule is CS(=O)CCNC(=O)c1cc(Cl)ccc1F. The van der Waals surface area contributed by atoms with Crippen LogP contribution in [0, 0.1) is 5.82 Å². The third kappa shape index (κ3) is 3.90. The van der Waals surface area contributed by atoms with E-state index in [0.29, 0.717) is 10.8 Å². The molecule has 1 amide bonds. The van der Waals surface area contributed by atoms with Crippen molar-refractivity contribution in [3.05, 3.63) is 34.6 Å². The molecule has 0 heterocycles. The van der Waals surface area contributed by atoms with Crippen LogP contribution < -0.4 is 5.32 Å². The summed E-state index contributed by atoms with van der Waals surface area (Å²) in [4.78, 5) is 11.5. The van der Waals surface area contributed by atoms with Gasteiger partial charge in [0.1, 0.15) is 5.82 Å². The van der Waals surface area contributed by atoms with Gasteiger partial charge in [-0.3, -0.25) is 9.00 Å². The van der Waals surface area contributed by atoms with Gasteiger partial charge in [0.25, 0.3) is 5.91 Å². The highest BCUT2D eigenvalue weighted by molar-refractivity contribution is 7.84. The molecular weight excluding hydrogens is 253 g/mol. The second-order valence-electron chi connectivity index (χ2n) is 3.16. The largest absolute Gasteiger partial charge is 0.351 e. The molecule has 3 nitrogen and oxygen atoms in total. The molecule has 88 valence electrons. The molecule has 6 heteroatoms. The van der Waals surface area contributed by atoms with Crippen LogP contribution in [0.25, 0.3) is 0 Å². The number of hydrogen-bond donors (Lipinski definition) is 1. The lowest BCUT2D eigenvalue weighted by Crippen LogP contribution is -2.28. The van der Waals surface area contributed by atoms with E-state index in [0.717, 1.165) is 6.07 Å². The lowest BCUT2D eigenvalue weighted by atomic mass is 10.2. The summed E-state index contributed by atoms with van der Waals surface area (Å²) in [6.07, 6.45) is 1.53. The molecule has 0 aromatic heterocycles. The van der Waals surface area contributed by atoms with Crippen molar-refractivity contribution < 1.29 is 13.4 Å². The second kappa shape index (κ2) is 5.96. The molecular formula is C10H11ClFNO2S. The van der Waals surface area contributed by atoms with Gasteiger partial charge in [-0.2, -0.15) is 0 Å². The summed E-state index contributed by atoms with van der Waals surface area (Å²) in [5, 5.41) is 2.76. The molecule has 1 unspecified atom stereocenters. The van der Waals surface area contributed by atoms with Gasteiger partial charge in [-0.1, -0.05) is 11.6 Å². The summed E-state index contributed by atoms with van der Waals surface area (Å²) in [7, 11) is -0.983.